The first-order chi connectivity index (χ1) is 9.55. The van der Waals surface area contributed by atoms with Gasteiger partial charge in [0.15, 0.2) is 0 Å². The fraction of sp³-hybridized carbons (Fsp3) is 0.588. The van der Waals surface area contributed by atoms with Gasteiger partial charge >= 0.3 is 6.09 Å². The Balaban J connectivity index is 2.83. The van der Waals surface area contributed by atoms with Crippen molar-refractivity contribution < 1.29 is 9.53 Å². The number of rotatable bonds is 4. The lowest BCUT2D eigenvalue weighted by atomic mass is 9.81. The summed E-state index contributed by atoms with van der Waals surface area (Å²) < 4.78 is 5.27. The first-order valence-corrected chi connectivity index (χ1v) is 7.31. The van der Waals surface area contributed by atoms with Crippen molar-refractivity contribution in [2.45, 2.75) is 52.6 Å². The maximum atomic E-state index is 11.8. The molecule has 1 atom stereocenters. The predicted molar refractivity (Wildman–Crippen MR) is 86.6 cm³/mol. The van der Waals surface area contributed by atoms with E-state index in [-0.39, 0.29) is 5.41 Å². The molecule has 0 fully saturated rings. The molecule has 0 aromatic heterocycles. The van der Waals surface area contributed by atoms with Gasteiger partial charge in [-0.05, 0) is 40.2 Å². The lowest BCUT2D eigenvalue weighted by Crippen LogP contribution is -2.45. The number of carbonyl (C=O) groups excluding carboxylic acids is 1. The Labute approximate surface area is 128 Å². The van der Waals surface area contributed by atoms with Crippen molar-refractivity contribution in [2.75, 3.05) is 13.1 Å². The lowest BCUT2D eigenvalue weighted by molar-refractivity contribution is 0.0516. The second-order valence-corrected chi connectivity index (χ2v) is 7.00. The van der Waals surface area contributed by atoms with Gasteiger partial charge in [0.2, 0.25) is 0 Å². The Morgan fingerprint density at radius 1 is 1.14 bits per heavy atom. The van der Waals surface area contributed by atoms with Crippen LogP contribution in [0.25, 0.3) is 0 Å². The lowest BCUT2D eigenvalue weighted by Gasteiger charge is -2.30. The zero-order valence-corrected chi connectivity index (χ0v) is 14.0. The number of hydrogen-bond donors (Lipinski definition) is 2. The van der Waals surface area contributed by atoms with Gasteiger partial charge in [0.05, 0.1) is 0 Å². The molecule has 0 spiro atoms. The third kappa shape index (κ3) is 5.38. The maximum absolute atomic E-state index is 11.8. The highest BCUT2D eigenvalue weighted by Crippen LogP contribution is 2.24. The van der Waals surface area contributed by atoms with Crippen molar-refractivity contribution in [3.63, 3.8) is 0 Å². The van der Waals surface area contributed by atoms with E-state index in [9.17, 15) is 4.79 Å². The topological polar surface area (TPSA) is 64.3 Å². The molecule has 0 bridgehead atoms. The van der Waals surface area contributed by atoms with Gasteiger partial charge in [-0.15, -0.1) is 0 Å². The molecule has 21 heavy (non-hydrogen) atoms. The van der Waals surface area contributed by atoms with Crippen LogP contribution in [-0.4, -0.2) is 24.8 Å². The van der Waals surface area contributed by atoms with Crippen LogP contribution in [0.1, 0.15) is 44.4 Å². The number of nitrogens with two attached hydrogens (primary N) is 1. The molecular weight excluding hydrogens is 264 g/mol. The van der Waals surface area contributed by atoms with E-state index in [0.29, 0.717) is 13.1 Å². The van der Waals surface area contributed by atoms with Crippen molar-refractivity contribution in [1.29, 1.82) is 0 Å². The molecule has 1 aromatic carbocycles. The predicted octanol–water partition coefficient (Wildman–Crippen LogP) is 3.04. The average molecular weight is 292 g/mol. The number of aryl methyl sites for hydroxylation is 2. The highest BCUT2D eigenvalue weighted by Gasteiger charge is 2.27. The van der Waals surface area contributed by atoms with Gasteiger partial charge in [-0.25, -0.2) is 4.79 Å². The summed E-state index contributed by atoms with van der Waals surface area (Å²) in [5.41, 5.74) is 8.68. The first kappa shape index (κ1) is 17.5. The van der Waals surface area contributed by atoms with E-state index in [2.05, 4.69) is 44.3 Å². The normalized spacial score (nSPS) is 14.4. The van der Waals surface area contributed by atoms with Crippen molar-refractivity contribution in [2.24, 2.45) is 5.73 Å². The van der Waals surface area contributed by atoms with Crippen LogP contribution in [0.2, 0.25) is 0 Å². The summed E-state index contributed by atoms with van der Waals surface area (Å²) in [6.45, 7) is 12.6. The molecule has 1 aromatic rings. The van der Waals surface area contributed by atoms with Crippen molar-refractivity contribution >= 4 is 6.09 Å². The van der Waals surface area contributed by atoms with E-state index in [0.717, 1.165) is 5.56 Å². The van der Waals surface area contributed by atoms with Gasteiger partial charge in [-0.1, -0.05) is 36.2 Å². The number of amides is 1. The van der Waals surface area contributed by atoms with Crippen molar-refractivity contribution in [1.82, 2.24) is 5.32 Å². The van der Waals surface area contributed by atoms with E-state index in [1.54, 1.807) is 0 Å². The summed E-state index contributed by atoms with van der Waals surface area (Å²) in [4.78, 5) is 11.8. The molecular formula is C17H28N2O2. The van der Waals surface area contributed by atoms with Crippen LogP contribution in [0.4, 0.5) is 4.79 Å². The van der Waals surface area contributed by atoms with Crippen LogP contribution in [0, 0.1) is 13.8 Å². The Bertz CT molecular complexity index is 486. The minimum Gasteiger partial charge on any atom is -0.444 e. The fourth-order valence-corrected chi connectivity index (χ4v) is 2.20. The SMILES string of the molecule is Cc1cc(C)cc(C(C)(CN)CNC(=O)OC(C)(C)C)c1. The third-order valence-electron chi connectivity index (χ3n) is 3.39. The first-order valence-electron chi connectivity index (χ1n) is 7.31. The molecule has 0 saturated carbocycles. The minimum absolute atomic E-state index is 0.312. The highest BCUT2D eigenvalue weighted by molar-refractivity contribution is 5.67. The molecule has 1 amide bonds. The summed E-state index contributed by atoms with van der Waals surface area (Å²) >= 11 is 0. The van der Waals surface area contributed by atoms with Gasteiger partial charge < -0.3 is 15.8 Å². The van der Waals surface area contributed by atoms with Gasteiger partial charge in [0.1, 0.15) is 5.60 Å². The number of alkyl carbamates (subject to hydrolysis) is 1. The van der Waals surface area contributed by atoms with Crippen molar-refractivity contribution in [3.05, 3.63) is 34.9 Å². The average Bonchev–Trinajstić information content (AvgIpc) is 2.32. The minimum atomic E-state index is -0.497. The van der Waals surface area contributed by atoms with Gasteiger partial charge in [0, 0.05) is 18.5 Å². The zero-order valence-electron chi connectivity index (χ0n) is 14.0. The third-order valence-corrected chi connectivity index (χ3v) is 3.39. The summed E-state index contributed by atoms with van der Waals surface area (Å²) in [6.07, 6.45) is -0.411. The molecule has 0 aliphatic rings. The number of nitrogens with one attached hydrogen (secondary N) is 1. The Morgan fingerprint density at radius 3 is 2.10 bits per heavy atom. The second-order valence-electron chi connectivity index (χ2n) is 7.00. The van der Waals surface area contributed by atoms with E-state index < -0.39 is 11.7 Å². The van der Waals surface area contributed by atoms with Crippen LogP contribution in [0.5, 0.6) is 0 Å². The number of ether oxygens (including phenoxy) is 1. The Hall–Kier alpha value is -1.55. The van der Waals surface area contributed by atoms with Crippen LogP contribution >= 0.6 is 0 Å². The Morgan fingerprint density at radius 2 is 1.67 bits per heavy atom. The van der Waals surface area contributed by atoms with E-state index >= 15 is 0 Å². The smallest absolute Gasteiger partial charge is 0.407 e. The molecule has 118 valence electrons. The largest absolute Gasteiger partial charge is 0.444 e. The number of hydrogen-bond acceptors (Lipinski definition) is 3. The summed E-state index contributed by atoms with van der Waals surface area (Å²) in [7, 11) is 0. The zero-order chi connectivity index (χ0) is 16.3. The van der Waals surface area contributed by atoms with Gasteiger partial charge in [0.25, 0.3) is 0 Å². The quantitative estimate of drug-likeness (QED) is 0.896. The summed E-state index contributed by atoms with van der Waals surface area (Å²) in [5, 5.41) is 2.83. The standard InChI is InChI=1S/C17H28N2O2/c1-12-7-13(2)9-14(8-12)17(6,10-18)11-19-15(20)21-16(3,4)5/h7-9H,10-11,18H2,1-6H3,(H,19,20). The molecule has 4 nitrogen and oxygen atoms in total. The molecule has 0 aliphatic carbocycles. The number of carbonyl (C=O) groups is 1. The van der Waals surface area contributed by atoms with Gasteiger partial charge in [-0.3, -0.25) is 0 Å². The Kier molecular flexibility index (Phi) is 5.40. The fourth-order valence-electron chi connectivity index (χ4n) is 2.20. The van der Waals surface area contributed by atoms with Crippen LogP contribution in [0.15, 0.2) is 18.2 Å². The maximum Gasteiger partial charge on any atom is 0.407 e. The molecule has 4 heteroatoms. The van der Waals surface area contributed by atoms with Crippen LogP contribution in [-0.2, 0) is 10.2 Å². The molecule has 0 radical (unpaired) electrons. The monoisotopic (exact) mass is 292 g/mol. The van der Waals surface area contributed by atoms with E-state index in [1.807, 2.05) is 20.8 Å². The van der Waals surface area contributed by atoms with Crippen molar-refractivity contribution in [3.8, 4) is 0 Å². The summed E-state index contributed by atoms with van der Waals surface area (Å²) in [6, 6.07) is 6.37. The van der Waals surface area contributed by atoms with Crippen LogP contribution < -0.4 is 11.1 Å². The molecule has 3 N–H and O–H groups in total. The molecule has 0 aliphatic heterocycles. The molecule has 1 rings (SSSR count). The number of benzene rings is 1. The van der Waals surface area contributed by atoms with Crippen LogP contribution in [0.3, 0.4) is 0 Å². The highest BCUT2D eigenvalue weighted by atomic mass is 16.6. The molecule has 1 unspecified atom stereocenters. The molecule has 0 saturated heterocycles. The second kappa shape index (κ2) is 6.48. The van der Waals surface area contributed by atoms with E-state index in [1.165, 1.54) is 11.1 Å². The van der Waals surface area contributed by atoms with E-state index in [4.69, 9.17) is 10.5 Å². The van der Waals surface area contributed by atoms with Gasteiger partial charge in [-0.2, -0.15) is 0 Å². The summed E-state index contributed by atoms with van der Waals surface area (Å²) in [5.74, 6) is 0. The molecule has 0 heterocycles.